The monoisotopic (exact) mass is 344 g/mol. The number of nitrogens with zero attached hydrogens (tertiary/aromatic N) is 1. The predicted octanol–water partition coefficient (Wildman–Crippen LogP) is 4.14. The van der Waals surface area contributed by atoms with Gasteiger partial charge in [0.25, 0.3) is 5.91 Å². The first-order chi connectivity index (χ1) is 9.97. The van der Waals surface area contributed by atoms with Gasteiger partial charge in [-0.1, -0.05) is 33.6 Å². The number of nitrogens with one attached hydrogen (secondary N) is 1. The van der Waals surface area contributed by atoms with E-state index in [0.29, 0.717) is 5.56 Å². The topological polar surface area (TPSA) is 41.5 Å². The molecule has 0 fully saturated rings. The van der Waals surface area contributed by atoms with Crippen molar-refractivity contribution in [1.82, 2.24) is 5.43 Å². The summed E-state index contributed by atoms with van der Waals surface area (Å²) in [4.78, 5) is 11.9. The summed E-state index contributed by atoms with van der Waals surface area (Å²) in [5, 5.41) is 4.06. The molecule has 0 atom stereocenters. The molecule has 0 aromatic heterocycles. The lowest BCUT2D eigenvalue weighted by Gasteiger charge is -2.06. The molecule has 0 aliphatic heterocycles. The lowest BCUT2D eigenvalue weighted by atomic mass is 10.0. The number of hydrazone groups is 1. The summed E-state index contributed by atoms with van der Waals surface area (Å²) in [7, 11) is 0. The quantitative estimate of drug-likeness (QED) is 0.659. The maximum Gasteiger partial charge on any atom is 0.271 e. The van der Waals surface area contributed by atoms with Crippen LogP contribution in [0.3, 0.4) is 0 Å². The van der Waals surface area contributed by atoms with Crippen LogP contribution < -0.4 is 5.43 Å². The molecule has 1 amide bonds. The van der Waals surface area contributed by atoms with Crippen molar-refractivity contribution in [1.29, 1.82) is 0 Å². The van der Waals surface area contributed by atoms with Gasteiger partial charge in [0.1, 0.15) is 0 Å². The van der Waals surface area contributed by atoms with Gasteiger partial charge in [-0.25, -0.2) is 5.43 Å². The van der Waals surface area contributed by atoms with E-state index in [2.05, 4.69) is 45.5 Å². The van der Waals surface area contributed by atoms with Crippen molar-refractivity contribution >= 4 is 28.1 Å². The fourth-order valence-corrected chi connectivity index (χ4v) is 2.48. The van der Waals surface area contributed by atoms with E-state index in [-0.39, 0.29) is 5.91 Å². The Labute approximate surface area is 133 Å². The Kier molecular flexibility index (Phi) is 4.91. The first kappa shape index (κ1) is 15.4. The van der Waals surface area contributed by atoms with Crippen LogP contribution in [0.1, 0.15) is 32.6 Å². The Hall–Kier alpha value is -1.94. The lowest BCUT2D eigenvalue weighted by molar-refractivity contribution is 0.0955. The smallest absolute Gasteiger partial charge is 0.267 e. The van der Waals surface area contributed by atoms with Crippen LogP contribution in [0.2, 0.25) is 0 Å². The molecule has 0 aliphatic carbocycles. The van der Waals surface area contributed by atoms with E-state index in [9.17, 15) is 4.79 Å². The molecule has 0 unspecified atom stereocenters. The molecule has 21 heavy (non-hydrogen) atoms. The normalized spacial score (nSPS) is 10.9. The van der Waals surface area contributed by atoms with Crippen molar-refractivity contribution in [2.24, 2.45) is 5.10 Å². The second-order valence-electron chi connectivity index (χ2n) is 5.02. The van der Waals surface area contributed by atoms with E-state index >= 15 is 0 Å². The average molecular weight is 345 g/mol. The summed E-state index contributed by atoms with van der Waals surface area (Å²) in [5.74, 6) is -0.221. The summed E-state index contributed by atoms with van der Waals surface area (Å²) >= 11 is 3.34. The molecule has 0 radical (unpaired) electrons. The van der Waals surface area contributed by atoms with Gasteiger partial charge in [0.2, 0.25) is 0 Å². The minimum absolute atomic E-state index is 0.221. The average Bonchev–Trinajstić information content (AvgIpc) is 2.42. The molecule has 0 saturated heterocycles. The SMILES string of the molecule is Cc1cc(C)c(/C=N/NC(=O)c2ccc(Br)cc2)c(C)c1. The maximum absolute atomic E-state index is 11.9. The molecule has 2 rings (SSSR count). The molecule has 0 spiro atoms. The van der Waals surface area contributed by atoms with Gasteiger partial charge < -0.3 is 0 Å². The van der Waals surface area contributed by atoms with Crippen molar-refractivity contribution < 1.29 is 4.79 Å². The van der Waals surface area contributed by atoms with Crippen LogP contribution in [-0.4, -0.2) is 12.1 Å². The Morgan fingerprint density at radius 1 is 1.10 bits per heavy atom. The number of carbonyl (C=O) groups excluding carboxylic acids is 1. The number of amides is 1. The van der Waals surface area contributed by atoms with E-state index < -0.39 is 0 Å². The highest BCUT2D eigenvalue weighted by molar-refractivity contribution is 9.10. The molecule has 1 N–H and O–H groups in total. The van der Waals surface area contributed by atoms with Crippen LogP contribution in [0, 0.1) is 20.8 Å². The van der Waals surface area contributed by atoms with E-state index in [1.54, 1.807) is 18.3 Å². The Balaban J connectivity index is 2.09. The highest BCUT2D eigenvalue weighted by Crippen LogP contribution is 2.14. The highest BCUT2D eigenvalue weighted by atomic mass is 79.9. The molecule has 108 valence electrons. The molecule has 2 aromatic rings. The van der Waals surface area contributed by atoms with Crippen LogP contribution in [0.5, 0.6) is 0 Å². The number of benzene rings is 2. The number of halogens is 1. The summed E-state index contributed by atoms with van der Waals surface area (Å²) in [6.45, 7) is 6.14. The standard InChI is InChI=1S/C17H17BrN2O/c1-11-8-12(2)16(13(3)9-11)10-19-20-17(21)14-4-6-15(18)7-5-14/h4-10H,1-3H3,(H,20,21)/b19-10+. The molecular formula is C17H17BrN2O. The minimum atomic E-state index is -0.221. The van der Waals surface area contributed by atoms with E-state index in [0.717, 1.165) is 21.2 Å². The largest absolute Gasteiger partial charge is 0.271 e. The molecule has 3 nitrogen and oxygen atoms in total. The Bertz CT molecular complexity index is 667. The van der Waals surface area contributed by atoms with Crippen LogP contribution in [0.25, 0.3) is 0 Å². The number of rotatable bonds is 3. The fraction of sp³-hybridized carbons (Fsp3) is 0.176. The third kappa shape index (κ3) is 4.02. The van der Waals surface area contributed by atoms with Crippen LogP contribution in [-0.2, 0) is 0 Å². The van der Waals surface area contributed by atoms with Gasteiger partial charge in [-0.05, 0) is 56.2 Å². The highest BCUT2D eigenvalue weighted by Gasteiger charge is 2.04. The Morgan fingerprint density at radius 3 is 2.24 bits per heavy atom. The van der Waals surface area contributed by atoms with Gasteiger partial charge in [0, 0.05) is 15.6 Å². The number of aryl methyl sites for hydroxylation is 3. The van der Waals surface area contributed by atoms with E-state index in [1.807, 2.05) is 26.0 Å². The van der Waals surface area contributed by atoms with Gasteiger partial charge in [-0.2, -0.15) is 5.10 Å². The van der Waals surface area contributed by atoms with Gasteiger partial charge in [-0.15, -0.1) is 0 Å². The van der Waals surface area contributed by atoms with Crippen molar-refractivity contribution in [3.05, 3.63) is 68.7 Å². The molecule has 4 heteroatoms. The third-order valence-electron chi connectivity index (χ3n) is 3.20. The van der Waals surface area contributed by atoms with Crippen molar-refractivity contribution in [3.8, 4) is 0 Å². The third-order valence-corrected chi connectivity index (χ3v) is 3.73. The molecule has 2 aromatic carbocycles. The molecular weight excluding hydrogens is 328 g/mol. The second-order valence-corrected chi connectivity index (χ2v) is 5.93. The first-order valence-electron chi connectivity index (χ1n) is 6.64. The lowest BCUT2D eigenvalue weighted by Crippen LogP contribution is -2.17. The van der Waals surface area contributed by atoms with E-state index in [4.69, 9.17) is 0 Å². The number of hydrogen-bond acceptors (Lipinski definition) is 2. The maximum atomic E-state index is 11.9. The number of hydrogen-bond donors (Lipinski definition) is 1. The first-order valence-corrected chi connectivity index (χ1v) is 7.43. The summed E-state index contributed by atoms with van der Waals surface area (Å²) in [6, 6.07) is 11.4. The van der Waals surface area contributed by atoms with Gasteiger partial charge in [0.05, 0.1) is 6.21 Å². The van der Waals surface area contributed by atoms with Crippen LogP contribution >= 0.6 is 15.9 Å². The van der Waals surface area contributed by atoms with Gasteiger partial charge >= 0.3 is 0 Å². The van der Waals surface area contributed by atoms with Gasteiger partial charge in [-0.3, -0.25) is 4.79 Å². The molecule has 0 saturated carbocycles. The van der Waals surface area contributed by atoms with Crippen LogP contribution in [0.4, 0.5) is 0 Å². The summed E-state index contributed by atoms with van der Waals surface area (Å²) < 4.78 is 0.938. The van der Waals surface area contributed by atoms with Gasteiger partial charge in [0.15, 0.2) is 0 Å². The Morgan fingerprint density at radius 2 is 1.67 bits per heavy atom. The van der Waals surface area contributed by atoms with Crippen molar-refractivity contribution in [2.45, 2.75) is 20.8 Å². The van der Waals surface area contributed by atoms with Crippen LogP contribution in [0.15, 0.2) is 46.0 Å². The van der Waals surface area contributed by atoms with E-state index in [1.165, 1.54) is 5.56 Å². The fourth-order valence-electron chi connectivity index (χ4n) is 2.22. The molecule has 0 heterocycles. The minimum Gasteiger partial charge on any atom is -0.267 e. The zero-order valence-electron chi connectivity index (χ0n) is 12.3. The van der Waals surface area contributed by atoms with Crippen molar-refractivity contribution in [2.75, 3.05) is 0 Å². The summed E-state index contributed by atoms with van der Waals surface area (Å²) in [5.41, 5.74) is 7.68. The predicted molar refractivity (Wildman–Crippen MR) is 89.9 cm³/mol. The molecule has 0 aliphatic rings. The molecule has 0 bridgehead atoms. The zero-order valence-corrected chi connectivity index (χ0v) is 13.9. The summed E-state index contributed by atoms with van der Waals surface area (Å²) in [6.07, 6.45) is 1.70. The zero-order chi connectivity index (χ0) is 15.4. The van der Waals surface area contributed by atoms with Crippen molar-refractivity contribution in [3.63, 3.8) is 0 Å². The number of carbonyl (C=O) groups is 1. The second kappa shape index (κ2) is 6.68.